The third-order valence-electron chi connectivity index (χ3n) is 4.46. The van der Waals surface area contributed by atoms with E-state index in [-0.39, 0.29) is 16.2 Å². The Morgan fingerprint density at radius 2 is 1.36 bits per heavy atom. The Balaban J connectivity index is 1.89. The number of ether oxygens (including phenoxy) is 3. The molecule has 10 heteroatoms. The molecule has 0 fully saturated rings. The molecule has 0 amide bonds. The monoisotopic (exact) mass is 484 g/mol. The molecule has 3 rings (SSSR count). The average Bonchev–Trinajstić information content (AvgIpc) is 3.26. The fourth-order valence-corrected chi connectivity index (χ4v) is 4.27. The van der Waals surface area contributed by atoms with E-state index >= 15 is 0 Å². The van der Waals surface area contributed by atoms with Crippen molar-refractivity contribution in [2.45, 2.75) is 0 Å². The standard InChI is InChI=1S/C23H20N2O6S2/c1-29-20(26)14-9-15(21(27)30-2)11-16(10-14)24-23(32)25-19-17(22(28)31-3)12-18(33-19)13-7-5-4-6-8-13/h4-12H,1-3H3,(H2,24,25,32). The van der Waals surface area contributed by atoms with Gasteiger partial charge in [0.2, 0.25) is 0 Å². The highest BCUT2D eigenvalue weighted by Crippen LogP contribution is 2.36. The maximum absolute atomic E-state index is 12.3. The lowest BCUT2D eigenvalue weighted by Gasteiger charge is -2.12. The highest BCUT2D eigenvalue weighted by molar-refractivity contribution is 7.80. The average molecular weight is 485 g/mol. The van der Waals surface area contributed by atoms with Crippen LogP contribution in [0.4, 0.5) is 10.7 Å². The van der Waals surface area contributed by atoms with Crippen molar-refractivity contribution >= 4 is 57.3 Å². The largest absolute Gasteiger partial charge is 0.465 e. The topological polar surface area (TPSA) is 103 Å². The number of nitrogens with one attached hydrogen (secondary N) is 2. The number of methoxy groups -OCH3 is 3. The van der Waals surface area contributed by atoms with Gasteiger partial charge >= 0.3 is 17.9 Å². The van der Waals surface area contributed by atoms with Crippen LogP contribution < -0.4 is 10.6 Å². The second-order valence-electron chi connectivity index (χ2n) is 6.57. The molecule has 0 atom stereocenters. The molecule has 2 aromatic carbocycles. The summed E-state index contributed by atoms with van der Waals surface area (Å²) in [4.78, 5) is 37.1. The van der Waals surface area contributed by atoms with Crippen molar-refractivity contribution in [3.63, 3.8) is 0 Å². The van der Waals surface area contributed by atoms with E-state index in [0.717, 1.165) is 10.4 Å². The number of hydrogen-bond acceptors (Lipinski definition) is 8. The molecule has 0 aliphatic rings. The van der Waals surface area contributed by atoms with Crippen LogP contribution in [0.2, 0.25) is 0 Å². The van der Waals surface area contributed by atoms with Crippen LogP contribution in [-0.4, -0.2) is 44.3 Å². The lowest BCUT2D eigenvalue weighted by atomic mass is 10.1. The van der Waals surface area contributed by atoms with Crippen LogP contribution in [0.15, 0.2) is 54.6 Å². The van der Waals surface area contributed by atoms with E-state index in [1.165, 1.54) is 50.9 Å². The molecular weight excluding hydrogens is 464 g/mol. The molecule has 0 aliphatic heterocycles. The lowest BCUT2D eigenvalue weighted by Crippen LogP contribution is -2.20. The summed E-state index contributed by atoms with van der Waals surface area (Å²) in [6, 6.07) is 15.6. The summed E-state index contributed by atoms with van der Waals surface area (Å²) in [5.41, 5.74) is 1.90. The summed E-state index contributed by atoms with van der Waals surface area (Å²) in [5.74, 6) is -1.76. The number of carbonyl (C=O) groups excluding carboxylic acids is 3. The summed E-state index contributed by atoms with van der Waals surface area (Å²) in [5, 5.41) is 6.54. The Morgan fingerprint density at radius 3 is 1.91 bits per heavy atom. The van der Waals surface area contributed by atoms with Crippen LogP contribution in [0, 0.1) is 0 Å². The Hall–Kier alpha value is -3.76. The molecule has 1 aromatic heterocycles. The normalized spacial score (nSPS) is 10.2. The molecule has 8 nitrogen and oxygen atoms in total. The second-order valence-corrected chi connectivity index (χ2v) is 8.03. The number of rotatable bonds is 6. The molecule has 0 saturated carbocycles. The van der Waals surface area contributed by atoms with Gasteiger partial charge in [-0.05, 0) is 42.0 Å². The molecule has 0 bridgehead atoms. The summed E-state index contributed by atoms with van der Waals surface area (Å²) in [6.07, 6.45) is 0. The van der Waals surface area contributed by atoms with Crippen molar-refractivity contribution < 1.29 is 28.6 Å². The molecule has 2 N–H and O–H groups in total. The van der Waals surface area contributed by atoms with Gasteiger partial charge in [0, 0.05) is 10.6 Å². The first-order valence-electron chi connectivity index (χ1n) is 9.53. The fraction of sp³-hybridized carbons (Fsp3) is 0.130. The Morgan fingerprint density at radius 1 is 0.788 bits per heavy atom. The molecule has 0 radical (unpaired) electrons. The van der Waals surface area contributed by atoms with Crippen molar-refractivity contribution in [3.8, 4) is 10.4 Å². The van der Waals surface area contributed by atoms with E-state index in [9.17, 15) is 14.4 Å². The van der Waals surface area contributed by atoms with Gasteiger partial charge in [-0.25, -0.2) is 14.4 Å². The number of benzene rings is 2. The maximum Gasteiger partial charge on any atom is 0.340 e. The van der Waals surface area contributed by atoms with Gasteiger partial charge in [0.15, 0.2) is 5.11 Å². The molecule has 3 aromatic rings. The van der Waals surface area contributed by atoms with Crippen LogP contribution in [0.25, 0.3) is 10.4 Å². The van der Waals surface area contributed by atoms with Crippen LogP contribution in [-0.2, 0) is 14.2 Å². The second kappa shape index (κ2) is 10.7. The molecular formula is C23H20N2O6S2. The minimum Gasteiger partial charge on any atom is -0.465 e. The highest BCUT2D eigenvalue weighted by Gasteiger charge is 2.19. The van der Waals surface area contributed by atoms with Crippen LogP contribution in [0.3, 0.4) is 0 Å². The minimum absolute atomic E-state index is 0.138. The smallest absolute Gasteiger partial charge is 0.340 e. The predicted octanol–water partition coefficient (Wildman–Crippen LogP) is 4.58. The number of hydrogen-bond donors (Lipinski definition) is 2. The zero-order valence-electron chi connectivity index (χ0n) is 18.0. The lowest BCUT2D eigenvalue weighted by molar-refractivity contribution is 0.0588. The van der Waals surface area contributed by atoms with Gasteiger partial charge in [0.1, 0.15) is 5.00 Å². The van der Waals surface area contributed by atoms with E-state index in [2.05, 4.69) is 10.6 Å². The number of anilines is 2. The molecule has 0 aliphatic carbocycles. The predicted molar refractivity (Wildman–Crippen MR) is 130 cm³/mol. The van der Waals surface area contributed by atoms with Crippen molar-refractivity contribution in [2.75, 3.05) is 32.0 Å². The van der Waals surface area contributed by atoms with Gasteiger partial charge in [-0.2, -0.15) is 0 Å². The quantitative estimate of drug-likeness (QED) is 0.295. The van der Waals surface area contributed by atoms with E-state index in [4.69, 9.17) is 26.4 Å². The van der Waals surface area contributed by atoms with Crippen LogP contribution in [0.5, 0.6) is 0 Å². The first-order valence-corrected chi connectivity index (χ1v) is 10.8. The number of thiocarbonyl (C=S) groups is 1. The Bertz CT molecular complexity index is 1170. The molecule has 0 saturated heterocycles. The third-order valence-corrected chi connectivity index (χ3v) is 5.76. The summed E-state index contributed by atoms with van der Waals surface area (Å²) in [7, 11) is 3.78. The van der Waals surface area contributed by atoms with Gasteiger partial charge < -0.3 is 24.8 Å². The summed E-state index contributed by atoms with van der Waals surface area (Å²) in [6.45, 7) is 0. The van der Waals surface area contributed by atoms with Crippen LogP contribution >= 0.6 is 23.6 Å². The van der Waals surface area contributed by atoms with E-state index < -0.39 is 17.9 Å². The van der Waals surface area contributed by atoms with Gasteiger partial charge in [-0.1, -0.05) is 30.3 Å². The van der Waals surface area contributed by atoms with E-state index in [0.29, 0.717) is 16.3 Å². The molecule has 1 heterocycles. The van der Waals surface area contributed by atoms with Crippen molar-refractivity contribution in [2.24, 2.45) is 0 Å². The summed E-state index contributed by atoms with van der Waals surface area (Å²) >= 11 is 6.73. The maximum atomic E-state index is 12.3. The van der Waals surface area contributed by atoms with E-state index in [1.807, 2.05) is 30.3 Å². The first kappa shape index (κ1) is 23.9. The van der Waals surface area contributed by atoms with Gasteiger partial charge in [-0.3, -0.25) is 0 Å². The fourth-order valence-electron chi connectivity index (χ4n) is 2.93. The Labute approximate surface area is 199 Å². The number of esters is 3. The van der Waals surface area contributed by atoms with Gasteiger partial charge in [-0.15, -0.1) is 11.3 Å². The van der Waals surface area contributed by atoms with Crippen molar-refractivity contribution in [1.82, 2.24) is 0 Å². The summed E-state index contributed by atoms with van der Waals surface area (Å²) < 4.78 is 14.4. The van der Waals surface area contributed by atoms with Gasteiger partial charge in [0.05, 0.1) is 38.0 Å². The molecule has 33 heavy (non-hydrogen) atoms. The Kier molecular flexibility index (Phi) is 7.75. The third kappa shape index (κ3) is 5.73. The van der Waals surface area contributed by atoms with Gasteiger partial charge in [0.25, 0.3) is 0 Å². The van der Waals surface area contributed by atoms with E-state index in [1.54, 1.807) is 6.07 Å². The molecule has 0 unspecified atom stereocenters. The molecule has 0 spiro atoms. The minimum atomic E-state index is -0.624. The van der Waals surface area contributed by atoms with Crippen molar-refractivity contribution in [3.05, 3.63) is 71.3 Å². The zero-order valence-corrected chi connectivity index (χ0v) is 19.6. The number of carbonyl (C=O) groups is 3. The zero-order chi connectivity index (χ0) is 24.0. The number of thiophene rings is 1. The SMILES string of the molecule is COC(=O)c1cc(NC(=S)Nc2sc(-c3ccccc3)cc2C(=O)OC)cc(C(=O)OC)c1. The van der Waals surface area contributed by atoms with Crippen molar-refractivity contribution in [1.29, 1.82) is 0 Å². The highest BCUT2D eigenvalue weighted by atomic mass is 32.1. The molecule has 170 valence electrons. The first-order chi connectivity index (χ1) is 15.9. The van der Waals surface area contributed by atoms with Crippen LogP contribution in [0.1, 0.15) is 31.1 Å².